The van der Waals surface area contributed by atoms with Gasteiger partial charge >= 0.3 is 0 Å². The van der Waals surface area contributed by atoms with Crippen molar-refractivity contribution in [2.45, 2.75) is 44.7 Å². The Kier molecular flexibility index (Phi) is 10.0. The summed E-state index contributed by atoms with van der Waals surface area (Å²) in [7, 11) is 3.29. The van der Waals surface area contributed by atoms with Gasteiger partial charge in [-0.3, -0.25) is 14.4 Å². The number of carbonyl (C=O) groups excluding carboxylic acids is 3. The summed E-state index contributed by atoms with van der Waals surface area (Å²) in [5, 5.41) is 11.2. The van der Waals surface area contributed by atoms with Crippen molar-refractivity contribution in [3.63, 3.8) is 0 Å². The Balaban J connectivity index is 2.56. The van der Waals surface area contributed by atoms with Gasteiger partial charge in [0.25, 0.3) is 0 Å². The first-order chi connectivity index (χ1) is 12.5. The molecular formula is C19H30N4O3. The average molecular weight is 362 g/mol. The van der Waals surface area contributed by atoms with Gasteiger partial charge in [0.05, 0.1) is 6.04 Å². The minimum absolute atomic E-state index is 0.0704. The van der Waals surface area contributed by atoms with Crippen molar-refractivity contribution in [3.8, 4) is 0 Å². The Hall–Kier alpha value is -2.41. The Labute approximate surface area is 155 Å². The lowest BCUT2D eigenvalue weighted by Crippen LogP contribution is -2.52. The van der Waals surface area contributed by atoms with Crippen LogP contribution < -0.4 is 21.3 Å². The van der Waals surface area contributed by atoms with Crippen molar-refractivity contribution in [2.24, 2.45) is 0 Å². The normalized spacial score (nSPS) is 12.7. The van der Waals surface area contributed by atoms with E-state index in [2.05, 4.69) is 21.3 Å². The highest BCUT2D eigenvalue weighted by Gasteiger charge is 2.24. The smallest absolute Gasteiger partial charge is 0.242 e. The van der Waals surface area contributed by atoms with Crippen LogP contribution in [-0.4, -0.2) is 50.4 Å². The Morgan fingerprint density at radius 3 is 2.23 bits per heavy atom. The summed E-state index contributed by atoms with van der Waals surface area (Å²) < 4.78 is 0. The van der Waals surface area contributed by atoms with Crippen LogP contribution >= 0.6 is 0 Å². The second kappa shape index (κ2) is 12.0. The molecule has 0 spiro atoms. The van der Waals surface area contributed by atoms with E-state index in [1.54, 1.807) is 14.1 Å². The molecule has 0 heterocycles. The van der Waals surface area contributed by atoms with Gasteiger partial charge in [-0.1, -0.05) is 30.3 Å². The zero-order chi connectivity index (χ0) is 19.4. The fourth-order valence-corrected chi connectivity index (χ4v) is 2.63. The SMILES string of the molecule is CNC(=O)[C@H](CCCCNC(C)=O)NC(=O)C(Cc1ccccc1)NC. The van der Waals surface area contributed by atoms with E-state index in [0.29, 0.717) is 19.4 Å². The van der Waals surface area contributed by atoms with Gasteiger partial charge in [0, 0.05) is 20.5 Å². The highest BCUT2D eigenvalue weighted by molar-refractivity contribution is 5.89. The van der Waals surface area contributed by atoms with Crippen LogP contribution in [0.3, 0.4) is 0 Å². The van der Waals surface area contributed by atoms with Crippen molar-refractivity contribution < 1.29 is 14.4 Å². The van der Waals surface area contributed by atoms with Crippen LogP contribution in [-0.2, 0) is 20.8 Å². The number of rotatable bonds is 11. The van der Waals surface area contributed by atoms with Gasteiger partial charge in [-0.05, 0) is 38.3 Å². The molecule has 144 valence electrons. The standard InChI is InChI=1S/C19H30N4O3/c1-14(24)22-12-8-7-11-16(18(25)21-3)23-19(26)17(20-2)13-15-9-5-4-6-10-15/h4-6,9-10,16-17,20H,7-8,11-13H2,1-3H3,(H,21,25)(H,22,24)(H,23,26)/t16-,17?/m0/s1. The van der Waals surface area contributed by atoms with E-state index >= 15 is 0 Å². The maximum Gasteiger partial charge on any atom is 0.242 e. The number of likely N-dealkylation sites (N-methyl/N-ethyl adjacent to an activating group) is 2. The topological polar surface area (TPSA) is 99.3 Å². The zero-order valence-electron chi connectivity index (χ0n) is 15.8. The molecule has 1 unspecified atom stereocenters. The highest BCUT2D eigenvalue weighted by Crippen LogP contribution is 2.06. The quantitative estimate of drug-likeness (QED) is 0.427. The van der Waals surface area contributed by atoms with Gasteiger partial charge < -0.3 is 21.3 Å². The predicted octanol–water partition coefficient (Wildman–Crippen LogP) is 0.354. The molecule has 0 aliphatic rings. The molecule has 0 radical (unpaired) electrons. The largest absolute Gasteiger partial charge is 0.357 e. The molecule has 4 N–H and O–H groups in total. The van der Waals surface area contributed by atoms with E-state index in [9.17, 15) is 14.4 Å². The molecule has 1 rings (SSSR count). The summed E-state index contributed by atoms with van der Waals surface area (Å²) in [4.78, 5) is 35.5. The molecule has 7 heteroatoms. The summed E-state index contributed by atoms with van der Waals surface area (Å²) >= 11 is 0. The predicted molar refractivity (Wildman–Crippen MR) is 102 cm³/mol. The van der Waals surface area contributed by atoms with Crippen LogP contribution in [0.15, 0.2) is 30.3 Å². The third kappa shape index (κ3) is 8.11. The summed E-state index contributed by atoms with van der Waals surface area (Å²) in [5.41, 5.74) is 1.05. The molecule has 0 saturated heterocycles. The fraction of sp³-hybridized carbons (Fsp3) is 0.526. The molecule has 0 aromatic heterocycles. The molecule has 3 amide bonds. The number of carbonyl (C=O) groups is 3. The molecule has 7 nitrogen and oxygen atoms in total. The zero-order valence-corrected chi connectivity index (χ0v) is 15.8. The van der Waals surface area contributed by atoms with Crippen LogP contribution in [0.25, 0.3) is 0 Å². The fourth-order valence-electron chi connectivity index (χ4n) is 2.63. The Morgan fingerprint density at radius 2 is 1.65 bits per heavy atom. The van der Waals surface area contributed by atoms with Crippen molar-refractivity contribution in [1.82, 2.24) is 21.3 Å². The number of benzene rings is 1. The third-order valence-electron chi connectivity index (χ3n) is 4.12. The third-order valence-corrected chi connectivity index (χ3v) is 4.12. The highest BCUT2D eigenvalue weighted by atomic mass is 16.2. The molecular weight excluding hydrogens is 332 g/mol. The number of hydrogen-bond acceptors (Lipinski definition) is 4. The van der Waals surface area contributed by atoms with Gasteiger partial charge in [0.15, 0.2) is 0 Å². The molecule has 1 aromatic carbocycles. The maximum atomic E-state index is 12.6. The van der Waals surface area contributed by atoms with Crippen LogP contribution in [0, 0.1) is 0 Å². The first-order valence-electron chi connectivity index (χ1n) is 8.95. The minimum Gasteiger partial charge on any atom is -0.357 e. The van der Waals surface area contributed by atoms with Crippen LogP contribution in [0.4, 0.5) is 0 Å². The Bertz CT molecular complexity index is 577. The molecule has 0 bridgehead atoms. The monoisotopic (exact) mass is 362 g/mol. The van der Waals surface area contributed by atoms with E-state index in [1.165, 1.54) is 6.92 Å². The summed E-state index contributed by atoms with van der Waals surface area (Å²) in [6.45, 7) is 2.04. The van der Waals surface area contributed by atoms with E-state index in [1.807, 2.05) is 30.3 Å². The summed E-state index contributed by atoms with van der Waals surface area (Å²) in [6.07, 6.45) is 2.54. The first kappa shape index (κ1) is 21.6. The van der Waals surface area contributed by atoms with Crippen molar-refractivity contribution >= 4 is 17.7 Å². The van der Waals surface area contributed by atoms with Crippen molar-refractivity contribution in [1.29, 1.82) is 0 Å². The second-order valence-corrected chi connectivity index (χ2v) is 6.19. The lowest BCUT2D eigenvalue weighted by atomic mass is 10.0. The molecule has 0 aliphatic heterocycles. The van der Waals surface area contributed by atoms with E-state index in [-0.39, 0.29) is 17.7 Å². The number of amides is 3. The molecule has 0 saturated carbocycles. The van der Waals surface area contributed by atoms with Gasteiger partial charge in [-0.15, -0.1) is 0 Å². The summed E-state index contributed by atoms with van der Waals surface area (Å²) in [6, 6.07) is 8.73. The van der Waals surface area contributed by atoms with Gasteiger partial charge in [0.1, 0.15) is 6.04 Å². The minimum atomic E-state index is -0.587. The van der Waals surface area contributed by atoms with Gasteiger partial charge in [0.2, 0.25) is 17.7 Å². The average Bonchev–Trinajstić information content (AvgIpc) is 2.64. The lowest BCUT2D eigenvalue weighted by molar-refractivity contribution is -0.129. The van der Waals surface area contributed by atoms with Gasteiger partial charge in [-0.2, -0.15) is 0 Å². The van der Waals surface area contributed by atoms with Crippen molar-refractivity contribution in [3.05, 3.63) is 35.9 Å². The van der Waals surface area contributed by atoms with E-state index in [0.717, 1.165) is 18.4 Å². The van der Waals surface area contributed by atoms with Crippen LogP contribution in [0.1, 0.15) is 31.7 Å². The molecule has 2 atom stereocenters. The lowest BCUT2D eigenvalue weighted by Gasteiger charge is -2.22. The maximum absolute atomic E-state index is 12.6. The molecule has 1 aromatic rings. The molecule has 26 heavy (non-hydrogen) atoms. The number of hydrogen-bond donors (Lipinski definition) is 4. The molecule has 0 fully saturated rings. The van der Waals surface area contributed by atoms with Gasteiger partial charge in [-0.25, -0.2) is 0 Å². The van der Waals surface area contributed by atoms with E-state index < -0.39 is 12.1 Å². The number of unbranched alkanes of at least 4 members (excludes halogenated alkanes) is 1. The first-order valence-corrected chi connectivity index (χ1v) is 8.95. The van der Waals surface area contributed by atoms with Crippen LogP contribution in [0.2, 0.25) is 0 Å². The Morgan fingerprint density at radius 1 is 0.962 bits per heavy atom. The van der Waals surface area contributed by atoms with E-state index in [4.69, 9.17) is 0 Å². The molecule has 0 aliphatic carbocycles. The summed E-state index contributed by atoms with van der Waals surface area (Å²) in [5.74, 6) is -0.488. The second-order valence-electron chi connectivity index (χ2n) is 6.19. The van der Waals surface area contributed by atoms with Crippen molar-refractivity contribution in [2.75, 3.05) is 20.6 Å². The van der Waals surface area contributed by atoms with Crippen LogP contribution in [0.5, 0.6) is 0 Å². The number of nitrogens with one attached hydrogen (secondary N) is 4.